The summed E-state index contributed by atoms with van der Waals surface area (Å²) in [4.78, 5) is 5.21. The predicted molar refractivity (Wildman–Crippen MR) is 82.5 cm³/mol. The SMILES string of the molecule is CC1CN(C)CCN1CC1(CBr)CCCCCC1. The van der Waals surface area contributed by atoms with Crippen molar-refractivity contribution in [1.82, 2.24) is 9.80 Å². The summed E-state index contributed by atoms with van der Waals surface area (Å²) in [5.41, 5.74) is 0.556. The van der Waals surface area contributed by atoms with Gasteiger partial charge < -0.3 is 4.90 Å². The van der Waals surface area contributed by atoms with Crippen LogP contribution in [0.15, 0.2) is 0 Å². The zero-order valence-corrected chi connectivity index (χ0v) is 13.7. The van der Waals surface area contributed by atoms with Crippen LogP contribution in [0.2, 0.25) is 0 Å². The number of hydrogen-bond acceptors (Lipinski definition) is 2. The molecular weight excluding hydrogens is 288 g/mol. The summed E-state index contributed by atoms with van der Waals surface area (Å²) >= 11 is 3.82. The van der Waals surface area contributed by atoms with Gasteiger partial charge in [-0.3, -0.25) is 4.90 Å². The van der Waals surface area contributed by atoms with E-state index in [1.165, 1.54) is 70.0 Å². The van der Waals surface area contributed by atoms with Crippen molar-refractivity contribution in [3.8, 4) is 0 Å². The van der Waals surface area contributed by atoms with Gasteiger partial charge in [-0.25, -0.2) is 0 Å². The molecule has 2 nitrogen and oxygen atoms in total. The highest BCUT2D eigenvalue weighted by molar-refractivity contribution is 9.09. The molecule has 0 aromatic carbocycles. The third-order valence-corrected chi connectivity index (χ3v) is 6.14. The lowest BCUT2D eigenvalue weighted by molar-refractivity contribution is 0.0562. The van der Waals surface area contributed by atoms with Crippen molar-refractivity contribution in [3.05, 3.63) is 0 Å². The van der Waals surface area contributed by atoms with Gasteiger partial charge in [0.05, 0.1) is 0 Å². The van der Waals surface area contributed by atoms with Crippen molar-refractivity contribution in [1.29, 1.82) is 0 Å². The van der Waals surface area contributed by atoms with E-state index < -0.39 is 0 Å². The molecule has 0 bridgehead atoms. The van der Waals surface area contributed by atoms with Crippen LogP contribution in [-0.2, 0) is 0 Å². The monoisotopic (exact) mass is 316 g/mol. The van der Waals surface area contributed by atoms with Crippen molar-refractivity contribution in [3.63, 3.8) is 0 Å². The van der Waals surface area contributed by atoms with Crippen LogP contribution in [0.4, 0.5) is 0 Å². The molecule has 0 N–H and O–H groups in total. The van der Waals surface area contributed by atoms with Crippen LogP contribution >= 0.6 is 15.9 Å². The minimum Gasteiger partial charge on any atom is -0.304 e. The van der Waals surface area contributed by atoms with Crippen LogP contribution < -0.4 is 0 Å². The summed E-state index contributed by atoms with van der Waals surface area (Å²) in [6.07, 6.45) is 8.64. The number of alkyl halides is 1. The first-order chi connectivity index (χ1) is 8.65. The molecule has 3 heteroatoms. The van der Waals surface area contributed by atoms with Gasteiger partial charge in [0.1, 0.15) is 0 Å². The topological polar surface area (TPSA) is 6.48 Å². The van der Waals surface area contributed by atoms with Crippen LogP contribution in [0.5, 0.6) is 0 Å². The van der Waals surface area contributed by atoms with E-state index in [1.807, 2.05) is 0 Å². The molecule has 1 heterocycles. The van der Waals surface area contributed by atoms with Gasteiger partial charge in [0.25, 0.3) is 0 Å². The molecule has 1 aliphatic heterocycles. The smallest absolute Gasteiger partial charge is 0.0195 e. The number of rotatable bonds is 3. The second-order valence-corrected chi connectivity index (χ2v) is 7.19. The summed E-state index contributed by atoms with van der Waals surface area (Å²) < 4.78 is 0. The molecule has 0 aromatic rings. The van der Waals surface area contributed by atoms with E-state index in [9.17, 15) is 0 Å². The van der Waals surface area contributed by atoms with Crippen molar-refractivity contribution in [2.24, 2.45) is 5.41 Å². The Balaban J connectivity index is 1.96. The molecule has 1 atom stereocenters. The molecule has 18 heavy (non-hydrogen) atoms. The lowest BCUT2D eigenvalue weighted by Crippen LogP contribution is -2.53. The molecular formula is C15H29BrN2. The average molecular weight is 317 g/mol. The zero-order valence-electron chi connectivity index (χ0n) is 12.1. The molecule has 1 aliphatic carbocycles. The van der Waals surface area contributed by atoms with E-state index in [4.69, 9.17) is 0 Å². The lowest BCUT2D eigenvalue weighted by atomic mass is 9.81. The molecule has 1 saturated heterocycles. The summed E-state index contributed by atoms with van der Waals surface area (Å²) in [7, 11) is 2.25. The van der Waals surface area contributed by atoms with Crippen molar-refractivity contribution in [2.75, 3.05) is 38.6 Å². The minimum absolute atomic E-state index is 0.556. The fourth-order valence-electron chi connectivity index (χ4n) is 3.66. The van der Waals surface area contributed by atoms with Crippen molar-refractivity contribution < 1.29 is 0 Å². The van der Waals surface area contributed by atoms with Gasteiger partial charge in [0.15, 0.2) is 0 Å². The second-order valence-electron chi connectivity index (χ2n) is 6.63. The maximum Gasteiger partial charge on any atom is 0.0195 e. The fourth-order valence-corrected chi connectivity index (χ4v) is 4.39. The van der Waals surface area contributed by atoms with E-state index in [0.29, 0.717) is 5.41 Å². The van der Waals surface area contributed by atoms with Crippen LogP contribution in [0.25, 0.3) is 0 Å². The van der Waals surface area contributed by atoms with Crippen molar-refractivity contribution >= 4 is 15.9 Å². The maximum absolute atomic E-state index is 3.82. The Labute approximate surface area is 121 Å². The Hall–Kier alpha value is 0.400. The average Bonchev–Trinajstić information content (AvgIpc) is 2.59. The Kier molecular flexibility index (Phi) is 5.52. The normalized spacial score (nSPS) is 31.2. The van der Waals surface area contributed by atoms with E-state index in [0.717, 1.165) is 6.04 Å². The van der Waals surface area contributed by atoms with E-state index in [-0.39, 0.29) is 0 Å². The van der Waals surface area contributed by atoms with Gasteiger partial charge in [0.2, 0.25) is 0 Å². The molecule has 2 rings (SSSR count). The van der Waals surface area contributed by atoms with Gasteiger partial charge in [-0.15, -0.1) is 0 Å². The van der Waals surface area contributed by atoms with Gasteiger partial charge in [-0.2, -0.15) is 0 Å². The van der Waals surface area contributed by atoms with Gasteiger partial charge in [-0.05, 0) is 32.2 Å². The fraction of sp³-hybridized carbons (Fsp3) is 1.00. The summed E-state index contributed by atoms with van der Waals surface area (Å²) in [6, 6.07) is 0.725. The molecule has 106 valence electrons. The van der Waals surface area contributed by atoms with Gasteiger partial charge in [0, 0.05) is 37.6 Å². The molecule has 2 aliphatic rings. The van der Waals surface area contributed by atoms with E-state index >= 15 is 0 Å². The number of halogens is 1. The summed E-state index contributed by atoms with van der Waals surface area (Å²) in [6.45, 7) is 7.44. The first-order valence-electron chi connectivity index (χ1n) is 7.64. The Morgan fingerprint density at radius 3 is 2.33 bits per heavy atom. The van der Waals surface area contributed by atoms with Crippen LogP contribution in [-0.4, -0.2) is 54.4 Å². The second kappa shape index (κ2) is 6.71. The number of nitrogens with zero attached hydrogens (tertiary/aromatic N) is 2. The largest absolute Gasteiger partial charge is 0.304 e. The third kappa shape index (κ3) is 3.71. The highest BCUT2D eigenvalue weighted by Crippen LogP contribution is 2.38. The number of likely N-dealkylation sites (N-methyl/N-ethyl adjacent to an activating group) is 1. The lowest BCUT2D eigenvalue weighted by Gasteiger charge is -2.44. The summed E-state index contributed by atoms with van der Waals surface area (Å²) in [5, 5.41) is 1.19. The molecule has 1 saturated carbocycles. The predicted octanol–water partition coefficient (Wildman–Crippen LogP) is 3.36. The maximum atomic E-state index is 3.82. The third-order valence-electron chi connectivity index (χ3n) is 4.95. The minimum atomic E-state index is 0.556. The van der Waals surface area contributed by atoms with Crippen LogP contribution in [0.1, 0.15) is 45.4 Å². The highest BCUT2D eigenvalue weighted by Gasteiger charge is 2.34. The molecule has 2 fully saturated rings. The van der Waals surface area contributed by atoms with E-state index in [2.05, 4.69) is 39.7 Å². The summed E-state index contributed by atoms with van der Waals surface area (Å²) in [5.74, 6) is 0. The standard InChI is InChI=1S/C15H29BrN2/c1-14-11-17(2)9-10-18(14)13-15(12-16)7-5-3-4-6-8-15/h14H,3-13H2,1-2H3. The Bertz CT molecular complexity index is 249. The van der Waals surface area contributed by atoms with Gasteiger partial charge >= 0.3 is 0 Å². The van der Waals surface area contributed by atoms with Gasteiger partial charge in [-0.1, -0.05) is 41.6 Å². The molecule has 0 spiro atoms. The molecule has 0 amide bonds. The van der Waals surface area contributed by atoms with Crippen LogP contribution in [0.3, 0.4) is 0 Å². The molecule has 0 aromatic heterocycles. The Morgan fingerprint density at radius 2 is 1.78 bits per heavy atom. The molecule has 1 unspecified atom stereocenters. The first kappa shape index (κ1) is 14.8. The molecule has 0 radical (unpaired) electrons. The van der Waals surface area contributed by atoms with Crippen molar-refractivity contribution in [2.45, 2.75) is 51.5 Å². The number of hydrogen-bond donors (Lipinski definition) is 0. The van der Waals surface area contributed by atoms with E-state index in [1.54, 1.807) is 0 Å². The van der Waals surface area contributed by atoms with Crippen LogP contribution in [0, 0.1) is 5.41 Å². The number of piperazine rings is 1. The Morgan fingerprint density at radius 1 is 1.11 bits per heavy atom. The zero-order chi connectivity index (χ0) is 13.0. The first-order valence-corrected chi connectivity index (χ1v) is 8.76. The highest BCUT2D eigenvalue weighted by atomic mass is 79.9. The quantitative estimate of drug-likeness (QED) is 0.582.